The molecule has 0 aromatic heterocycles. The third-order valence-corrected chi connectivity index (χ3v) is 5.63. The molecule has 1 aromatic carbocycles. The van der Waals surface area contributed by atoms with Crippen LogP contribution in [0.15, 0.2) is 24.3 Å². The Morgan fingerprint density at radius 2 is 1.60 bits per heavy atom. The number of ether oxygens (including phenoxy) is 1. The molecule has 6 nitrogen and oxygen atoms in total. The van der Waals surface area contributed by atoms with Crippen molar-refractivity contribution in [3.63, 3.8) is 0 Å². The van der Waals surface area contributed by atoms with E-state index in [1.807, 2.05) is 4.90 Å². The topological polar surface area (TPSA) is 75.9 Å². The molecule has 0 spiro atoms. The third kappa shape index (κ3) is 3.49. The van der Waals surface area contributed by atoms with E-state index in [9.17, 15) is 9.59 Å². The van der Waals surface area contributed by atoms with Crippen molar-refractivity contribution in [3.8, 4) is 5.75 Å². The van der Waals surface area contributed by atoms with Crippen molar-refractivity contribution in [2.24, 2.45) is 5.73 Å². The Morgan fingerprint density at radius 1 is 1.00 bits per heavy atom. The number of carbonyl (C=O) groups excluding carboxylic acids is 2. The van der Waals surface area contributed by atoms with Gasteiger partial charge in [0.2, 0.25) is 5.91 Å². The zero-order valence-corrected chi connectivity index (χ0v) is 14.9. The van der Waals surface area contributed by atoms with Crippen LogP contribution in [0.4, 0.5) is 0 Å². The van der Waals surface area contributed by atoms with Crippen molar-refractivity contribution >= 4 is 11.8 Å². The molecule has 6 heteroatoms. The summed E-state index contributed by atoms with van der Waals surface area (Å²) in [5, 5.41) is 0. The minimum atomic E-state index is -0.586. The number of nitrogens with two attached hydrogens (primary N) is 1. The molecule has 2 fully saturated rings. The van der Waals surface area contributed by atoms with Crippen LogP contribution in [0.3, 0.4) is 0 Å². The van der Waals surface area contributed by atoms with Crippen LogP contribution in [0.1, 0.15) is 42.5 Å². The van der Waals surface area contributed by atoms with Gasteiger partial charge in [0, 0.05) is 18.7 Å². The summed E-state index contributed by atoms with van der Waals surface area (Å²) < 4.78 is 5.13. The number of carbonyl (C=O) groups is 2. The van der Waals surface area contributed by atoms with Crippen LogP contribution >= 0.6 is 0 Å². The molecule has 0 atom stereocenters. The quantitative estimate of drug-likeness (QED) is 0.900. The van der Waals surface area contributed by atoms with E-state index in [-0.39, 0.29) is 11.8 Å². The number of primary amides is 1. The normalized spacial score (nSPS) is 20.9. The zero-order valence-electron chi connectivity index (χ0n) is 14.9. The predicted octanol–water partition coefficient (Wildman–Crippen LogP) is 1.64. The van der Waals surface area contributed by atoms with Crippen LogP contribution in [0.5, 0.6) is 5.75 Å². The minimum Gasteiger partial charge on any atom is -0.497 e. The van der Waals surface area contributed by atoms with E-state index in [1.165, 1.54) is 6.42 Å². The SMILES string of the molecule is COc1ccc(C(=O)N2CCC(C(N)=O)(N3CCCCC3)CC2)cc1. The highest BCUT2D eigenvalue weighted by Crippen LogP contribution is 2.32. The summed E-state index contributed by atoms with van der Waals surface area (Å²) in [7, 11) is 1.60. The fraction of sp³-hybridized carbons (Fsp3) is 0.579. The fourth-order valence-corrected chi connectivity index (χ4v) is 4.04. The molecule has 0 saturated carbocycles. The molecule has 2 aliphatic heterocycles. The van der Waals surface area contributed by atoms with Gasteiger partial charge in [-0.05, 0) is 63.0 Å². The lowest BCUT2D eigenvalue weighted by Gasteiger charge is -2.48. The number of hydrogen-bond donors (Lipinski definition) is 1. The van der Waals surface area contributed by atoms with Gasteiger partial charge in [0.05, 0.1) is 7.11 Å². The maximum Gasteiger partial charge on any atom is 0.253 e. The summed E-state index contributed by atoms with van der Waals surface area (Å²) in [5.74, 6) is 0.485. The van der Waals surface area contributed by atoms with E-state index in [0.717, 1.165) is 31.7 Å². The highest BCUT2D eigenvalue weighted by Gasteiger charge is 2.45. The van der Waals surface area contributed by atoms with E-state index < -0.39 is 5.54 Å². The van der Waals surface area contributed by atoms with Crippen molar-refractivity contribution in [3.05, 3.63) is 29.8 Å². The van der Waals surface area contributed by atoms with E-state index in [4.69, 9.17) is 10.5 Å². The lowest BCUT2D eigenvalue weighted by Crippen LogP contribution is -2.63. The third-order valence-electron chi connectivity index (χ3n) is 5.63. The summed E-state index contributed by atoms with van der Waals surface area (Å²) in [6.07, 6.45) is 4.68. The van der Waals surface area contributed by atoms with Crippen LogP contribution in [0, 0.1) is 0 Å². The van der Waals surface area contributed by atoms with E-state index in [0.29, 0.717) is 31.5 Å². The molecular formula is C19H27N3O3. The number of likely N-dealkylation sites (tertiary alicyclic amines) is 2. The summed E-state index contributed by atoms with van der Waals surface area (Å²) in [4.78, 5) is 29.1. The van der Waals surface area contributed by atoms with Crippen molar-refractivity contribution in [2.75, 3.05) is 33.3 Å². The maximum atomic E-state index is 12.7. The van der Waals surface area contributed by atoms with E-state index in [1.54, 1.807) is 31.4 Å². The summed E-state index contributed by atoms with van der Waals surface area (Å²) >= 11 is 0. The van der Waals surface area contributed by atoms with Crippen molar-refractivity contribution < 1.29 is 14.3 Å². The number of methoxy groups -OCH3 is 1. The summed E-state index contributed by atoms with van der Waals surface area (Å²) in [5.41, 5.74) is 5.86. The van der Waals surface area contributed by atoms with Crippen molar-refractivity contribution in [1.29, 1.82) is 0 Å². The molecule has 0 unspecified atom stereocenters. The van der Waals surface area contributed by atoms with Gasteiger partial charge < -0.3 is 15.4 Å². The molecule has 2 N–H and O–H groups in total. The molecule has 2 amide bonds. The first-order valence-electron chi connectivity index (χ1n) is 9.05. The fourth-order valence-electron chi connectivity index (χ4n) is 4.04. The molecule has 0 bridgehead atoms. The smallest absolute Gasteiger partial charge is 0.253 e. The molecule has 2 heterocycles. The lowest BCUT2D eigenvalue weighted by molar-refractivity contribution is -0.134. The van der Waals surface area contributed by atoms with Gasteiger partial charge in [0.25, 0.3) is 5.91 Å². The maximum absolute atomic E-state index is 12.7. The number of benzene rings is 1. The Kier molecular flexibility index (Phi) is 5.27. The number of piperidine rings is 2. The Bertz CT molecular complexity index is 615. The van der Waals surface area contributed by atoms with Crippen molar-refractivity contribution in [1.82, 2.24) is 9.80 Å². The molecule has 2 aliphatic rings. The van der Waals surface area contributed by atoms with Crippen LogP contribution in [-0.4, -0.2) is 60.4 Å². The Hall–Kier alpha value is -2.08. The van der Waals surface area contributed by atoms with Gasteiger partial charge in [-0.3, -0.25) is 14.5 Å². The summed E-state index contributed by atoms with van der Waals surface area (Å²) in [6, 6.07) is 7.14. The van der Waals surface area contributed by atoms with Crippen LogP contribution < -0.4 is 10.5 Å². The van der Waals surface area contributed by atoms with Gasteiger partial charge in [-0.25, -0.2) is 0 Å². The average Bonchev–Trinajstić information content (AvgIpc) is 2.68. The molecular weight excluding hydrogens is 318 g/mol. The highest BCUT2D eigenvalue weighted by atomic mass is 16.5. The largest absolute Gasteiger partial charge is 0.497 e. The highest BCUT2D eigenvalue weighted by molar-refractivity contribution is 5.94. The second-order valence-electron chi connectivity index (χ2n) is 6.96. The van der Waals surface area contributed by atoms with Gasteiger partial charge >= 0.3 is 0 Å². The standard InChI is InChI=1S/C19H27N3O3/c1-25-16-7-5-15(6-8-16)17(23)21-13-9-19(10-14-21,18(20)24)22-11-3-2-4-12-22/h5-8H,2-4,9-14H2,1H3,(H2,20,24). The molecule has 3 rings (SSSR count). The predicted molar refractivity (Wildman–Crippen MR) is 95.5 cm³/mol. The van der Waals surface area contributed by atoms with Gasteiger partial charge in [-0.1, -0.05) is 6.42 Å². The molecule has 1 aromatic rings. The monoisotopic (exact) mass is 345 g/mol. The minimum absolute atomic E-state index is 0.000586. The van der Waals surface area contributed by atoms with Crippen LogP contribution in [-0.2, 0) is 4.79 Å². The second-order valence-corrected chi connectivity index (χ2v) is 6.96. The zero-order chi connectivity index (χ0) is 17.9. The van der Waals surface area contributed by atoms with Gasteiger partial charge in [0.15, 0.2) is 0 Å². The van der Waals surface area contributed by atoms with Gasteiger partial charge in [-0.2, -0.15) is 0 Å². The molecule has 0 radical (unpaired) electrons. The van der Waals surface area contributed by atoms with Gasteiger partial charge in [0.1, 0.15) is 11.3 Å². The van der Waals surface area contributed by atoms with E-state index in [2.05, 4.69) is 4.90 Å². The number of rotatable bonds is 4. The van der Waals surface area contributed by atoms with Crippen molar-refractivity contribution in [2.45, 2.75) is 37.6 Å². The number of nitrogens with zero attached hydrogens (tertiary/aromatic N) is 2. The first-order chi connectivity index (χ1) is 12.1. The molecule has 25 heavy (non-hydrogen) atoms. The number of hydrogen-bond acceptors (Lipinski definition) is 4. The van der Waals surface area contributed by atoms with E-state index >= 15 is 0 Å². The lowest BCUT2D eigenvalue weighted by atomic mass is 9.83. The summed E-state index contributed by atoms with van der Waals surface area (Å²) in [6.45, 7) is 2.97. The molecule has 0 aliphatic carbocycles. The van der Waals surface area contributed by atoms with Crippen LogP contribution in [0.2, 0.25) is 0 Å². The average molecular weight is 345 g/mol. The Labute approximate surface area is 148 Å². The Morgan fingerprint density at radius 3 is 2.12 bits per heavy atom. The second kappa shape index (κ2) is 7.44. The van der Waals surface area contributed by atoms with Crippen LogP contribution in [0.25, 0.3) is 0 Å². The first kappa shape index (κ1) is 17.7. The van der Waals surface area contributed by atoms with Gasteiger partial charge in [-0.15, -0.1) is 0 Å². The Balaban J connectivity index is 1.68. The number of amides is 2. The first-order valence-corrected chi connectivity index (χ1v) is 9.05. The molecule has 2 saturated heterocycles. The molecule has 136 valence electrons.